The molecule has 0 rings (SSSR count). The van der Waals surface area contributed by atoms with E-state index in [9.17, 15) is 19.2 Å². The van der Waals surface area contributed by atoms with Gasteiger partial charge in [-0.3, -0.25) is 14.4 Å². The quantitative estimate of drug-likeness (QED) is 0.0800. The molecule has 2 N–H and O–H groups in total. The van der Waals surface area contributed by atoms with E-state index in [0.717, 1.165) is 57.8 Å². The third-order valence-corrected chi connectivity index (χ3v) is 8.98. The number of unbranched alkanes of at least 4 members (excludes halogenated alkanes) is 5. The molecule has 0 aromatic carbocycles. The minimum absolute atomic E-state index is 0.00284. The van der Waals surface area contributed by atoms with Crippen LogP contribution in [0.25, 0.3) is 0 Å². The van der Waals surface area contributed by atoms with Crippen molar-refractivity contribution in [1.82, 2.24) is 20.4 Å². The number of likely N-dealkylation sites (N-methyl/N-ethyl adjacent to an activating group) is 2. The first-order valence-corrected chi connectivity index (χ1v) is 18.2. The van der Waals surface area contributed by atoms with Crippen LogP contribution in [0, 0.1) is 11.8 Å². The number of nitrogens with zero attached hydrogens (tertiary/aromatic N) is 2. The van der Waals surface area contributed by atoms with E-state index < -0.39 is 0 Å². The molecule has 0 saturated heterocycles. The zero-order chi connectivity index (χ0) is 36.2. The molecule has 0 heterocycles. The second-order valence-electron chi connectivity index (χ2n) is 13.0. The SMILES string of the molecule is CCC(C)C(C(CC=O)OC)N(C)C(=O)CC(C(C)C)N(C)C(=O)CCCCCCCCNC(=O)CCOCCOCCOCCNC. The summed E-state index contributed by atoms with van der Waals surface area (Å²) in [6.07, 6.45) is 8.42. The van der Waals surface area contributed by atoms with E-state index in [4.69, 9.17) is 18.9 Å². The Bertz CT molecular complexity index is 847. The molecule has 0 aromatic heterocycles. The summed E-state index contributed by atoms with van der Waals surface area (Å²) in [4.78, 5) is 53.3. The summed E-state index contributed by atoms with van der Waals surface area (Å²) in [5, 5.41) is 5.96. The lowest BCUT2D eigenvalue weighted by Crippen LogP contribution is -2.51. The fourth-order valence-electron chi connectivity index (χ4n) is 5.68. The number of aldehydes is 1. The molecule has 0 radical (unpaired) electrons. The maximum absolute atomic E-state index is 13.5. The molecule has 12 heteroatoms. The summed E-state index contributed by atoms with van der Waals surface area (Å²) in [5.74, 6) is 0.281. The Kier molecular flexibility index (Phi) is 28.5. The summed E-state index contributed by atoms with van der Waals surface area (Å²) in [6.45, 7) is 12.8. The van der Waals surface area contributed by atoms with Crippen LogP contribution >= 0.6 is 0 Å². The van der Waals surface area contributed by atoms with E-state index >= 15 is 0 Å². The number of carbonyl (C=O) groups excluding carboxylic acids is 4. The number of hydrogen-bond acceptors (Lipinski definition) is 9. The first kappa shape index (κ1) is 45.9. The average molecular weight is 687 g/mol. The molecular weight excluding hydrogens is 616 g/mol. The van der Waals surface area contributed by atoms with Crippen molar-refractivity contribution in [1.29, 1.82) is 0 Å². The predicted octanol–water partition coefficient (Wildman–Crippen LogP) is 3.84. The first-order chi connectivity index (χ1) is 23.0. The van der Waals surface area contributed by atoms with Gasteiger partial charge in [0.15, 0.2) is 0 Å². The largest absolute Gasteiger partial charge is 0.379 e. The highest BCUT2D eigenvalue weighted by atomic mass is 16.5. The maximum Gasteiger partial charge on any atom is 0.224 e. The third-order valence-electron chi connectivity index (χ3n) is 8.98. The Morgan fingerprint density at radius 2 is 1.33 bits per heavy atom. The summed E-state index contributed by atoms with van der Waals surface area (Å²) >= 11 is 0. The van der Waals surface area contributed by atoms with Crippen LogP contribution in [0.15, 0.2) is 0 Å². The van der Waals surface area contributed by atoms with Crippen molar-refractivity contribution in [3.8, 4) is 0 Å². The Balaban J connectivity index is 4.22. The van der Waals surface area contributed by atoms with Gasteiger partial charge >= 0.3 is 0 Å². The van der Waals surface area contributed by atoms with Gasteiger partial charge in [-0.05, 0) is 31.7 Å². The van der Waals surface area contributed by atoms with Crippen molar-refractivity contribution in [2.24, 2.45) is 11.8 Å². The van der Waals surface area contributed by atoms with Crippen LogP contribution in [-0.2, 0) is 38.1 Å². The number of carbonyl (C=O) groups is 4. The van der Waals surface area contributed by atoms with Gasteiger partial charge in [0, 0.05) is 66.0 Å². The van der Waals surface area contributed by atoms with Crippen LogP contribution in [0.1, 0.15) is 98.3 Å². The van der Waals surface area contributed by atoms with Crippen molar-refractivity contribution < 1.29 is 38.1 Å². The third kappa shape index (κ3) is 21.1. The molecular formula is C36H70N4O8. The van der Waals surface area contributed by atoms with Gasteiger partial charge in [-0.25, -0.2) is 0 Å². The van der Waals surface area contributed by atoms with E-state index in [-0.39, 0.29) is 60.6 Å². The minimum atomic E-state index is -0.367. The zero-order valence-electron chi connectivity index (χ0n) is 31.6. The molecule has 3 amide bonds. The Labute approximate surface area is 291 Å². The number of rotatable bonds is 32. The molecule has 0 aliphatic rings. The maximum atomic E-state index is 13.5. The highest BCUT2D eigenvalue weighted by Gasteiger charge is 2.34. The molecule has 0 saturated carbocycles. The smallest absolute Gasteiger partial charge is 0.224 e. The molecule has 0 bridgehead atoms. The Morgan fingerprint density at radius 1 is 0.750 bits per heavy atom. The van der Waals surface area contributed by atoms with Gasteiger partial charge < -0.3 is 44.2 Å². The molecule has 0 spiro atoms. The highest BCUT2D eigenvalue weighted by Crippen LogP contribution is 2.24. The monoisotopic (exact) mass is 687 g/mol. The van der Waals surface area contributed by atoms with Crippen LogP contribution in [0.2, 0.25) is 0 Å². The fraction of sp³-hybridized carbons (Fsp3) is 0.889. The zero-order valence-corrected chi connectivity index (χ0v) is 31.6. The summed E-state index contributed by atoms with van der Waals surface area (Å²) < 4.78 is 21.9. The highest BCUT2D eigenvalue weighted by molar-refractivity contribution is 5.80. The molecule has 0 fully saturated rings. The van der Waals surface area contributed by atoms with Gasteiger partial charge in [-0.15, -0.1) is 0 Å². The molecule has 12 nitrogen and oxygen atoms in total. The van der Waals surface area contributed by atoms with Gasteiger partial charge in [0.1, 0.15) is 6.29 Å². The summed E-state index contributed by atoms with van der Waals surface area (Å²) in [5.41, 5.74) is 0. The minimum Gasteiger partial charge on any atom is -0.379 e. The Morgan fingerprint density at radius 3 is 1.90 bits per heavy atom. The molecule has 0 aliphatic carbocycles. The van der Waals surface area contributed by atoms with E-state index in [0.29, 0.717) is 59.0 Å². The van der Waals surface area contributed by atoms with Crippen molar-refractivity contribution in [2.45, 2.75) is 117 Å². The molecule has 0 aliphatic heterocycles. The summed E-state index contributed by atoms with van der Waals surface area (Å²) in [6, 6.07) is -0.431. The average Bonchev–Trinajstić information content (AvgIpc) is 3.07. The van der Waals surface area contributed by atoms with E-state index in [1.165, 1.54) is 0 Å². The topological polar surface area (TPSA) is 136 Å². The first-order valence-electron chi connectivity index (χ1n) is 18.2. The van der Waals surface area contributed by atoms with Crippen molar-refractivity contribution in [2.75, 3.05) is 81.0 Å². The molecule has 0 aromatic rings. The van der Waals surface area contributed by atoms with Crippen LogP contribution in [0.3, 0.4) is 0 Å². The number of ether oxygens (including phenoxy) is 4. The predicted molar refractivity (Wildman–Crippen MR) is 190 cm³/mol. The van der Waals surface area contributed by atoms with Gasteiger partial charge in [-0.1, -0.05) is 59.8 Å². The van der Waals surface area contributed by atoms with E-state index in [1.54, 1.807) is 31.0 Å². The molecule has 282 valence electrons. The van der Waals surface area contributed by atoms with Crippen molar-refractivity contribution in [3.63, 3.8) is 0 Å². The van der Waals surface area contributed by atoms with Gasteiger partial charge in [-0.2, -0.15) is 0 Å². The van der Waals surface area contributed by atoms with Gasteiger partial charge in [0.25, 0.3) is 0 Å². The standard InChI is InChI=1S/C36H70N4O8/c1-9-30(4)36(32(45-8)17-21-41)40(7)35(44)28-31(29(2)3)39(6)34(43)16-14-12-10-11-13-15-19-38-33(42)18-22-46-24-26-48-27-25-47-23-20-37-5/h21,29-32,36-37H,9-20,22-28H2,1-8H3,(H,38,42). The van der Waals surface area contributed by atoms with Crippen LogP contribution in [0.4, 0.5) is 0 Å². The molecule has 4 atom stereocenters. The number of methoxy groups -OCH3 is 1. The summed E-state index contributed by atoms with van der Waals surface area (Å²) in [7, 11) is 7.05. The Hall–Kier alpha value is -2.12. The normalized spacial score (nSPS) is 13.9. The lowest BCUT2D eigenvalue weighted by Gasteiger charge is -2.39. The molecule has 48 heavy (non-hydrogen) atoms. The van der Waals surface area contributed by atoms with Crippen LogP contribution < -0.4 is 10.6 Å². The van der Waals surface area contributed by atoms with Crippen molar-refractivity contribution >= 4 is 24.0 Å². The second kappa shape index (κ2) is 29.8. The van der Waals surface area contributed by atoms with Gasteiger partial charge in [0.2, 0.25) is 17.7 Å². The lowest BCUT2D eigenvalue weighted by molar-refractivity contribution is -0.141. The second-order valence-corrected chi connectivity index (χ2v) is 13.0. The number of amides is 3. The van der Waals surface area contributed by atoms with Crippen LogP contribution in [0.5, 0.6) is 0 Å². The van der Waals surface area contributed by atoms with Gasteiger partial charge in [0.05, 0.1) is 51.8 Å². The number of hydrogen-bond donors (Lipinski definition) is 2. The van der Waals surface area contributed by atoms with E-state index in [1.807, 2.05) is 20.9 Å². The van der Waals surface area contributed by atoms with Crippen molar-refractivity contribution in [3.05, 3.63) is 0 Å². The fourth-order valence-corrected chi connectivity index (χ4v) is 5.68. The van der Waals surface area contributed by atoms with Crippen LogP contribution in [-0.4, -0.2) is 133 Å². The van der Waals surface area contributed by atoms with E-state index in [2.05, 4.69) is 24.5 Å². The molecule has 4 unspecified atom stereocenters. The lowest BCUT2D eigenvalue weighted by atomic mass is 9.90. The number of nitrogens with one attached hydrogen (secondary N) is 2.